The fourth-order valence-corrected chi connectivity index (χ4v) is 0. The van der Waals surface area contributed by atoms with E-state index in [0.717, 1.165) is 0 Å². The van der Waals surface area contributed by atoms with E-state index in [9.17, 15) is 0 Å². The minimum Gasteiger partial charge on any atom is -0.264 e. The van der Waals surface area contributed by atoms with Crippen molar-refractivity contribution < 1.29 is 18.9 Å². The molecule has 2 N–H and O–H groups in total. The predicted molar refractivity (Wildman–Crippen MR) is 22.5 cm³/mol. The lowest BCUT2D eigenvalue weighted by atomic mass is 15.8. The zero-order valence-electron chi connectivity index (χ0n) is 3.53. The Balaban J connectivity index is -0.0000000800. The van der Waals surface area contributed by atoms with E-state index in [2.05, 4.69) is 0 Å². The molecular weight excluding hydrogens is 132 g/mol. The molecular formula is H4ClO4S+. The van der Waals surface area contributed by atoms with E-state index in [0.29, 0.717) is 0 Å². The molecule has 0 aliphatic carbocycles. The highest BCUT2D eigenvalue weighted by molar-refractivity contribution is 7.79. The van der Waals surface area contributed by atoms with Crippen molar-refractivity contribution in [3.8, 4) is 0 Å². The molecule has 0 spiro atoms. The highest BCUT2D eigenvalue weighted by Crippen LogP contribution is 1.59. The highest BCUT2D eigenvalue weighted by Gasteiger charge is 1.84. The molecule has 0 aromatic carbocycles. The molecule has 0 rings (SSSR count). The Morgan fingerprint density at radius 2 is 1.33 bits per heavy atom. The van der Waals surface area contributed by atoms with Crippen LogP contribution >= 0.6 is 12.4 Å². The molecule has 40 valence electrons. The summed E-state index contributed by atoms with van der Waals surface area (Å²) in [4.78, 5) is 0. The van der Waals surface area contributed by atoms with Gasteiger partial charge in [-0.05, 0) is 0 Å². The van der Waals surface area contributed by atoms with Gasteiger partial charge in [-0.3, -0.25) is 9.11 Å². The second-order valence-electron chi connectivity index (χ2n) is 0.448. The summed E-state index contributed by atoms with van der Waals surface area (Å²) in [5, 5.41) is 0. The van der Waals surface area contributed by atoms with Crippen LogP contribution in [0.4, 0.5) is 0 Å². The van der Waals surface area contributed by atoms with E-state index in [-0.39, 0.29) is 13.8 Å². The predicted octanol–water partition coefficient (Wildman–Crippen LogP) is -0.118. The average Bonchev–Trinajstić information content (AvgIpc) is 0.722. The number of hydrogen-bond acceptors (Lipinski definition) is 2. The molecule has 0 saturated carbocycles. The van der Waals surface area contributed by atoms with Gasteiger partial charge in [0.25, 0.3) is 0 Å². The van der Waals surface area contributed by atoms with Gasteiger partial charge in [-0.15, -0.1) is 12.4 Å². The standard InChI is InChI=1S/ClH.H2O4S/c;1-5(2,3)4/h1H;(H2,1,2,3,4)/p+1. The number of halogens is 1. The summed E-state index contributed by atoms with van der Waals surface area (Å²) < 4.78 is 31.6. The molecule has 0 fully saturated rings. The number of rotatable bonds is 0. The summed E-state index contributed by atoms with van der Waals surface area (Å²) in [6.07, 6.45) is 0. The van der Waals surface area contributed by atoms with Crippen LogP contribution in [-0.2, 0) is 10.4 Å². The molecule has 0 aliphatic rings. The molecule has 6 heavy (non-hydrogen) atoms. The Morgan fingerprint density at radius 3 is 1.33 bits per heavy atom. The lowest BCUT2D eigenvalue weighted by Gasteiger charge is -1.68. The van der Waals surface area contributed by atoms with Crippen molar-refractivity contribution in [1.82, 2.24) is 0 Å². The van der Waals surface area contributed by atoms with Gasteiger partial charge in [-0.25, -0.2) is 0 Å². The summed E-state index contributed by atoms with van der Waals surface area (Å²) in [7, 11) is -4.67. The fourth-order valence-electron chi connectivity index (χ4n) is 0. The Hall–Kier alpha value is 0.160. The van der Waals surface area contributed by atoms with Gasteiger partial charge in [-0.2, -0.15) is 8.42 Å². The Kier molecular flexibility index (Phi) is 3.72. The lowest BCUT2D eigenvalue weighted by Crippen LogP contribution is -1.89. The van der Waals surface area contributed by atoms with E-state index in [1.807, 2.05) is 0 Å². The van der Waals surface area contributed by atoms with Crippen molar-refractivity contribution in [3.05, 3.63) is 0 Å². The van der Waals surface area contributed by atoms with E-state index < -0.39 is 10.4 Å². The molecule has 4 nitrogen and oxygen atoms in total. The molecule has 0 atom stereocenters. The van der Waals surface area contributed by atoms with Gasteiger partial charge in [0.05, 0.1) is 0 Å². The van der Waals surface area contributed by atoms with Crippen molar-refractivity contribution in [2.45, 2.75) is 0 Å². The first-order chi connectivity index (χ1) is 2.00. The quantitative estimate of drug-likeness (QED) is 0.454. The van der Waals surface area contributed by atoms with E-state index in [4.69, 9.17) is 17.5 Å². The maximum absolute atomic E-state index is 8.74. The van der Waals surface area contributed by atoms with Crippen LogP contribution in [0.3, 0.4) is 0 Å². The minimum absolute atomic E-state index is 0. The van der Waals surface area contributed by atoms with E-state index in [1.165, 1.54) is 0 Å². The third-order valence-corrected chi connectivity index (χ3v) is 0. The van der Waals surface area contributed by atoms with Gasteiger partial charge in [0.2, 0.25) is 0 Å². The van der Waals surface area contributed by atoms with Gasteiger partial charge in [0.1, 0.15) is 0 Å². The summed E-state index contributed by atoms with van der Waals surface area (Å²) in [6, 6.07) is 0. The molecule has 0 aromatic rings. The monoisotopic (exact) mass is 135 g/mol. The third-order valence-electron chi connectivity index (χ3n) is 0. The highest BCUT2D eigenvalue weighted by atomic mass is 35.5. The third kappa shape index (κ3) is 1620. The second kappa shape index (κ2) is 2.35. The summed E-state index contributed by atoms with van der Waals surface area (Å²) in [6.45, 7) is 0. The molecule has 0 aromatic heterocycles. The van der Waals surface area contributed by atoms with Crippen molar-refractivity contribution in [3.63, 3.8) is 0 Å². The smallest absolute Gasteiger partial charge is 0.264 e. The van der Waals surface area contributed by atoms with Crippen molar-refractivity contribution >= 4 is 22.8 Å². The summed E-state index contributed by atoms with van der Waals surface area (Å²) in [5.41, 5.74) is 0. The van der Waals surface area contributed by atoms with Gasteiger partial charge in [0, 0.05) is 0 Å². The molecule has 0 unspecified atom stereocenters. The summed E-state index contributed by atoms with van der Waals surface area (Å²) >= 11 is 0. The maximum Gasteiger partial charge on any atom is 1.00 e. The number of hydrogen-bond donors (Lipinski definition) is 2. The van der Waals surface area contributed by atoms with E-state index >= 15 is 0 Å². The van der Waals surface area contributed by atoms with Crippen LogP contribution in [0.15, 0.2) is 0 Å². The lowest BCUT2D eigenvalue weighted by molar-refractivity contribution is 0.381. The molecule has 0 saturated heterocycles. The van der Waals surface area contributed by atoms with Gasteiger partial charge < -0.3 is 0 Å². The molecule has 0 radical (unpaired) electrons. The van der Waals surface area contributed by atoms with Crippen LogP contribution in [0.2, 0.25) is 0 Å². The van der Waals surface area contributed by atoms with Crippen LogP contribution in [0, 0.1) is 0 Å². The topological polar surface area (TPSA) is 74.6 Å². The Bertz CT molecular complexity index is 94.9. The SMILES string of the molecule is Cl.O=S(=O)(O)O.[H+]. The average molecular weight is 136 g/mol. The van der Waals surface area contributed by atoms with Gasteiger partial charge in [-0.1, -0.05) is 0 Å². The molecule has 0 amide bonds. The first-order valence-electron chi connectivity index (χ1n) is 0.698. The van der Waals surface area contributed by atoms with Crippen LogP contribution < -0.4 is 0 Å². The second-order valence-corrected chi connectivity index (χ2v) is 1.34. The normalized spacial score (nSPS) is 9.67. The first-order valence-corrected chi connectivity index (χ1v) is 2.10. The molecule has 0 bridgehead atoms. The van der Waals surface area contributed by atoms with Crippen LogP contribution in [0.5, 0.6) is 0 Å². The van der Waals surface area contributed by atoms with Crippen molar-refractivity contribution in [2.75, 3.05) is 0 Å². The van der Waals surface area contributed by atoms with Crippen LogP contribution in [-0.4, -0.2) is 17.5 Å². The van der Waals surface area contributed by atoms with Gasteiger partial charge in [0.15, 0.2) is 0 Å². The first kappa shape index (κ1) is 9.48. The molecule has 0 heterocycles. The molecule has 6 heteroatoms. The zero-order valence-corrected chi connectivity index (χ0v) is 4.16. The maximum atomic E-state index is 8.74. The summed E-state index contributed by atoms with van der Waals surface area (Å²) in [5.74, 6) is 0. The largest absolute Gasteiger partial charge is 1.00 e. The van der Waals surface area contributed by atoms with Crippen LogP contribution in [0.1, 0.15) is 1.43 Å². The van der Waals surface area contributed by atoms with Gasteiger partial charge >= 0.3 is 11.8 Å². The zero-order chi connectivity index (χ0) is 4.50. The fraction of sp³-hybridized carbons (Fsp3) is 0. The van der Waals surface area contributed by atoms with Crippen LogP contribution in [0.25, 0.3) is 0 Å². The van der Waals surface area contributed by atoms with Crippen molar-refractivity contribution in [1.29, 1.82) is 0 Å². The minimum atomic E-state index is -4.67. The van der Waals surface area contributed by atoms with E-state index in [1.54, 1.807) is 0 Å². The molecule has 0 aliphatic heterocycles. The van der Waals surface area contributed by atoms with Crippen molar-refractivity contribution in [2.24, 2.45) is 0 Å². The Morgan fingerprint density at radius 1 is 1.33 bits per heavy atom. The Labute approximate surface area is 42.6 Å².